The van der Waals surface area contributed by atoms with E-state index in [1.165, 1.54) is 5.56 Å². The van der Waals surface area contributed by atoms with E-state index in [1.807, 2.05) is 13.0 Å². The Morgan fingerprint density at radius 3 is 2.39 bits per heavy atom. The lowest BCUT2D eigenvalue weighted by molar-refractivity contribution is 0.748. The molecule has 0 atom stereocenters. The molecular formula is C14H14BrN3. The second-order valence-electron chi connectivity index (χ2n) is 4.78. The smallest absolute Gasteiger partial charge is 0.141 e. The molecule has 1 saturated carbocycles. The van der Waals surface area contributed by atoms with Crippen molar-refractivity contribution < 1.29 is 0 Å². The number of halogens is 1. The first-order chi connectivity index (χ1) is 8.63. The van der Waals surface area contributed by atoms with Crippen molar-refractivity contribution in [3.63, 3.8) is 0 Å². The lowest BCUT2D eigenvalue weighted by atomic mass is 9.95. The molecule has 1 aliphatic carbocycles. The third-order valence-corrected chi connectivity index (χ3v) is 4.53. The van der Waals surface area contributed by atoms with Gasteiger partial charge in [0.15, 0.2) is 0 Å². The Kier molecular flexibility index (Phi) is 2.63. The molecule has 0 radical (unpaired) electrons. The molecule has 0 aliphatic heterocycles. The Morgan fingerprint density at radius 2 is 1.83 bits per heavy atom. The monoisotopic (exact) mass is 303 g/mol. The predicted molar refractivity (Wildman–Crippen MR) is 75.3 cm³/mol. The third kappa shape index (κ3) is 1.72. The van der Waals surface area contributed by atoms with Gasteiger partial charge in [0.25, 0.3) is 0 Å². The van der Waals surface area contributed by atoms with Gasteiger partial charge in [-0.15, -0.1) is 0 Å². The maximum Gasteiger partial charge on any atom is 0.141 e. The molecule has 92 valence electrons. The topological polar surface area (TPSA) is 51.8 Å². The summed E-state index contributed by atoms with van der Waals surface area (Å²) in [4.78, 5) is 9.07. The van der Waals surface area contributed by atoms with Gasteiger partial charge in [0.1, 0.15) is 11.6 Å². The number of nitrogens with two attached hydrogens (primary N) is 1. The summed E-state index contributed by atoms with van der Waals surface area (Å²) in [6.45, 7) is 1.95. The van der Waals surface area contributed by atoms with Gasteiger partial charge in [-0.3, -0.25) is 0 Å². The van der Waals surface area contributed by atoms with Crippen molar-refractivity contribution in [1.29, 1.82) is 0 Å². The van der Waals surface area contributed by atoms with E-state index >= 15 is 0 Å². The van der Waals surface area contributed by atoms with Gasteiger partial charge in [-0.05, 0) is 41.3 Å². The first kappa shape index (κ1) is 11.7. The van der Waals surface area contributed by atoms with Crippen LogP contribution in [0.15, 0.2) is 34.8 Å². The van der Waals surface area contributed by atoms with E-state index < -0.39 is 0 Å². The van der Waals surface area contributed by atoms with Crippen LogP contribution in [-0.2, 0) is 5.41 Å². The highest BCUT2D eigenvalue weighted by atomic mass is 79.9. The number of anilines is 1. The fourth-order valence-corrected chi connectivity index (χ4v) is 2.50. The van der Waals surface area contributed by atoms with Crippen LogP contribution in [0.5, 0.6) is 0 Å². The Hall–Kier alpha value is -1.42. The largest absolute Gasteiger partial charge is 0.383 e. The maximum atomic E-state index is 5.93. The maximum absolute atomic E-state index is 5.93. The van der Waals surface area contributed by atoms with E-state index in [-0.39, 0.29) is 5.41 Å². The number of aryl methyl sites for hydroxylation is 1. The van der Waals surface area contributed by atoms with Crippen LogP contribution in [0, 0.1) is 6.92 Å². The van der Waals surface area contributed by atoms with E-state index in [0.717, 1.165) is 28.8 Å². The zero-order valence-electron chi connectivity index (χ0n) is 10.2. The van der Waals surface area contributed by atoms with Crippen molar-refractivity contribution in [1.82, 2.24) is 9.97 Å². The number of nitrogens with zero attached hydrogens (tertiary/aromatic N) is 2. The summed E-state index contributed by atoms with van der Waals surface area (Å²) < 4.78 is 0.801. The van der Waals surface area contributed by atoms with Gasteiger partial charge in [-0.1, -0.05) is 30.3 Å². The fraction of sp³-hybridized carbons (Fsp3) is 0.286. The first-order valence-electron chi connectivity index (χ1n) is 5.99. The molecule has 0 amide bonds. The molecule has 3 nitrogen and oxygen atoms in total. The van der Waals surface area contributed by atoms with Crippen LogP contribution in [0.3, 0.4) is 0 Å². The van der Waals surface area contributed by atoms with Crippen LogP contribution >= 0.6 is 15.9 Å². The van der Waals surface area contributed by atoms with Crippen LogP contribution in [0.25, 0.3) is 0 Å². The van der Waals surface area contributed by atoms with Crippen LogP contribution < -0.4 is 5.73 Å². The second-order valence-corrected chi connectivity index (χ2v) is 5.57. The summed E-state index contributed by atoms with van der Waals surface area (Å²) in [6, 6.07) is 10.4. The lowest BCUT2D eigenvalue weighted by Gasteiger charge is -2.16. The minimum absolute atomic E-state index is 0.0131. The van der Waals surface area contributed by atoms with Gasteiger partial charge >= 0.3 is 0 Å². The Morgan fingerprint density at radius 1 is 1.17 bits per heavy atom. The van der Waals surface area contributed by atoms with Crippen molar-refractivity contribution in [3.05, 3.63) is 51.9 Å². The zero-order valence-corrected chi connectivity index (χ0v) is 11.7. The van der Waals surface area contributed by atoms with Crippen LogP contribution in [0.1, 0.15) is 29.9 Å². The molecule has 1 heterocycles. The Balaban J connectivity index is 2.11. The van der Waals surface area contributed by atoms with Crippen molar-refractivity contribution in [2.24, 2.45) is 0 Å². The van der Waals surface area contributed by atoms with Crippen LogP contribution in [-0.4, -0.2) is 9.97 Å². The molecule has 4 heteroatoms. The Bertz CT molecular complexity index is 568. The highest BCUT2D eigenvalue weighted by molar-refractivity contribution is 9.10. The minimum Gasteiger partial charge on any atom is -0.383 e. The summed E-state index contributed by atoms with van der Waals surface area (Å²) in [5, 5.41) is 0. The van der Waals surface area contributed by atoms with E-state index in [1.54, 1.807) is 0 Å². The zero-order chi connectivity index (χ0) is 12.8. The second kappa shape index (κ2) is 4.05. The molecule has 0 bridgehead atoms. The normalized spacial score (nSPS) is 16.6. The molecule has 1 aromatic heterocycles. The van der Waals surface area contributed by atoms with Gasteiger partial charge in [-0.25, -0.2) is 9.97 Å². The summed E-state index contributed by atoms with van der Waals surface area (Å²) in [5.41, 5.74) is 8.10. The predicted octanol–water partition coefficient (Wildman–Crippen LogP) is 3.21. The SMILES string of the molecule is Cc1nc(C2(c3ccccc3)CC2)nc(N)c1Br. The van der Waals surface area contributed by atoms with Crippen molar-refractivity contribution >= 4 is 21.7 Å². The summed E-state index contributed by atoms with van der Waals surface area (Å²) >= 11 is 3.41. The number of hydrogen-bond acceptors (Lipinski definition) is 3. The van der Waals surface area contributed by atoms with Gasteiger partial charge in [0.2, 0.25) is 0 Å². The Labute approximate surface area is 115 Å². The summed E-state index contributed by atoms with van der Waals surface area (Å²) in [7, 11) is 0. The van der Waals surface area contributed by atoms with Crippen LogP contribution in [0.4, 0.5) is 5.82 Å². The number of benzene rings is 1. The number of aromatic nitrogens is 2. The van der Waals surface area contributed by atoms with Crippen molar-refractivity contribution in [3.8, 4) is 0 Å². The first-order valence-corrected chi connectivity index (χ1v) is 6.78. The van der Waals surface area contributed by atoms with Crippen molar-refractivity contribution in [2.75, 3.05) is 5.73 Å². The molecule has 18 heavy (non-hydrogen) atoms. The number of nitrogen functional groups attached to an aromatic ring is 1. The standard InChI is InChI=1S/C14H14BrN3/c1-9-11(15)12(16)18-13(17-9)14(7-8-14)10-5-3-2-4-6-10/h2-6H,7-8H2,1H3,(H2,16,17,18). The summed E-state index contributed by atoms with van der Waals surface area (Å²) in [5.74, 6) is 1.38. The van der Waals surface area contributed by atoms with E-state index in [0.29, 0.717) is 5.82 Å². The molecule has 1 fully saturated rings. The molecule has 0 saturated heterocycles. The molecule has 1 aromatic carbocycles. The highest BCUT2D eigenvalue weighted by Crippen LogP contribution is 2.52. The average molecular weight is 304 g/mol. The van der Waals surface area contributed by atoms with Gasteiger partial charge in [0, 0.05) is 0 Å². The molecule has 3 rings (SSSR count). The van der Waals surface area contributed by atoms with Crippen molar-refractivity contribution in [2.45, 2.75) is 25.2 Å². The molecule has 2 aromatic rings. The molecule has 1 aliphatic rings. The average Bonchev–Trinajstić information content (AvgIpc) is 3.18. The molecule has 0 unspecified atom stereocenters. The third-order valence-electron chi connectivity index (χ3n) is 3.55. The molecule has 0 spiro atoms. The lowest BCUT2D eigenvalue weighted by Crippen LogP contribution is -2.15. The van der Waals surface area contributed by atoms with Gasteiger partial charge in [-0.2, -0.15) is 0 Å². The van der Waals surface area contributed by atoms with Crippen LogP contribution in [0.2, 0.25) is 0 Å². The van der Waals surface area contributed by atoms with E-state index in [2.05, 4.69) is 50.2 Å². The highest BCUT2D eigenvalue weighted by Gasteiger charge is 2.48. The summed E-state index contributed by atoms with van der Waals surface area (Å²) in [6.07, 6.45) is 2.19. The quantitative estimate of drug-likeness (QED) is 0.927. The van der Waals surface area contributed by atoms with E-state index in [4.69, 9.17) is 5.73 Å². The van der Waals surface area contributed by atoms with Gasteiger partial charge < -0.3 is 5.73 Å². The minimum atomic E-state index is -0.0131. The van der Waals surface area contributed by atoms with E-state index in [9.17, 15) is 0 Å². The van der Waals surface area contributed by atoms with Gasteiger partial charge in [0.05, 0.1) is 15.6 Å². The number of hydrogen-bond donors (Lipinski definition) is 1. The fourth-order valence-electron chi connectivity index (χ4n) is 2.32. The molecular weight excluding hydrogens is 290 g/mol. The molecule has 2 N–H and O–H groups in total. The number of rotatable bonds is 2.